The molecule has 1 aromatic carbocycles. The molecule has 7 heteroatoms. The monoisotopic (exact) mass is 279 g/mol. The van der Waals surface area contributed by atoms with Crippen molar-refractivity contribution in [2.45, 2.75) is 6.92 Å². The second-order valence-corrected chi connectivity index (χ2v) is 4.88. The Morgan fingerprint density at radius 2 is 2.00 bits per heavy atom. The molecular formula is C13H17N3O4. The average Bonchev–Trinajstić information content (AvgIpc) is 2.38. The van der Waals surface area contributed by atoms with E-state index in [4.69, 9.17) is 5.11 Å². The van der Waals surface area contributed by atoms with Gasteiger partial charge in [-0.1, -0.05) is 0 Å². The third-order valence-corrected chi connectivity index (χ3v) is 3.47. The van der Waals surface area contributed by atoms with Gasteiger partial charge >= 0.3 is 5.97 Å². The van der Waals surface area contributed by atoms with Crippen LogP contribution in [0.3, 0.4) is 0 Å². The van der Waals surface area contributed by atoms with Crippen LogP contribution in [0.25, 0.3) is 0 Å². The van der Waals surface area contributed by atoms with E-state index in [2.05, 4.69) is 4.90 Å². The van der Waals surface area contributed by atoms with Crippen LogP contribution in [0.1, 0.15) is 5.56 Å². The van der Waals surface area contributed by atoms with Crippen LogP contribution in [0, 0.1) is 17.0 Å². The maximum absolute atomic E-state index is 10.8. The number of benzene rings is 1. The predicted molar refractivity (Wildman–Crippen MR) is 74.1 cm³/mol. The summed E-state index contributed by atoms with van der Waals surface area (Å²) in [4.78, 5) is 25.1. The third kappa shape index (κ3) is 3.24. The number of aliphatic carboxylic acids is 1. The Labute approximate surface area is 116 Å². The Balaban J connectivity index is 2.02. The Kier molecular flexibility index (Phi) is 4.19. The van der Waals surface area contributed by atoms with E-state index < -0.39 is 5.97 Å². The molecule has 0 radical (unpaired) electrons. The number of carbonyl (C=O) groups is 1. The number of nitro benzene ring substituents is 1. The fourth-order valence-electron chi connectivity index (χ4n) is 2.40. The summed E-state index contributed by atoms with van der Waals surface area (Å²) in [6.45, 7) is 4.61. The maximum atomic E-state index is 10.8. The smallest absolute Gasteiger partial charge is 0.317 e. The highest BCUT2D eigenvalue weighted by molar-refractivity contribution is 5.69. The van der Waals surface area contributed by atoms with Gasteiger partial charge in [0.05, 0.1) is 11.5 Å². The fourth-order valence-corrected chi connectivity index (χ4v) is 2.40. The van der Waals surface area contributed by atoms with Gasteiger partial charge in [0.2, 0.25) is 0 Å². The van der Waals surface area contributed by atoms with Crippen molar-refractivity contribution in [2.24, 2.45) is 0 Å². The Morgan fingerprint density at radius 1 is 1.35 bits per heavy atom. The Bertz CT molecular complexity index is 524. The Hall–Kier alpha value is -2.15. The molecule has 0 unspecified atom stereocenters. The molecule has 1 aliphatic heterocycles. The number of aryl methyl sites for hydroxylation is 1. The molecule has 1 saturated heterocycles. The minimum atomic E-state index is -0.815. The van der Waals surface area contributed by atoms with Crippen LogP contribution < -0.4 is 4.90 Å². The van der Waals surface area contributed by atoms with E-state index in [0.717, 1.165) is 18.8 Å². The second kappa shape index (κ2) is 5.87. The Morgan fingerprint density at radius 3 is 2.50 bits per heavy atom. The number of hydrogen-bond acceptors (Lipinski definition) is 5. The first-order valence-electron chi connectivity index (χ1n) is 6.41. The van der Waals surface area contributed by atoms with Crippen LogP contribution in [0.4, 0.5) is 11.4 Å². The number of carboxylic acid groups (broad SMARTS) is 1. The minimum absolute atomic E-state index is 0.0626. The minimum Gasteiger partial charge on any atom is -0.480 e. The molecular weight excluding hydrogens is 262 g/mol. The number of nitro groups is 1. The number of rotatable bonds is 4. The van der Waals surface area contributed by atoms with Crippen LogP contribution in [0.15, 0.2) is 18.2 Å². The lowest BCUT2D eigenvalue weighted by atomic mass is 10.1. The molecule has 7 nitrogen and oxygen atoms in total. The van der Waals surface area contributed by atoms with Crippen molar-refractivity contribution < 1.29 is 14.8 Å². The van der Waals surface area contributed by atoms with Gasteiger partial charge in [-0.2, -0.15) is 0 Å². The highest BCUT2D eigenvalue weighted by Crippen LogP contribution is 2.24. The molecule has 1 fully saturated rings. The van der Waals surface area contributed by atoms with Gasteiger partial charge in [0.25, 0.3) is 5.69 Å². The first-order valence-corrected chi connectivity index (χ1v) is 6.41. The van der Waals surface area contributed by atoms with Gasteiger partial charge in [-0.15, -0.1) is 0 Å². The molecule has 0 aliphatic carbocycles. The first-order chi connectivity index (χ1) is 9.47. The van der Waals surface area contributed by atoms with Gasteiger partial charge in [-0.3, -0.25) is 19.8 Å². The molecule has 1 aliphatic rings. The van der Waals surface area contributed by atoms with E-state index in [1.807, 2.05) is 11.0 Å². The average molecular weight is 279 g/mol. The van der Waals surface area contributed by atoms with Gasteiger partial charge in [0, 0.05) is 43.5 Å². The van der Waals surface area contributed by atoms with E-state index in [1.165, 1.54) is 6.07 Å². The van der Waals surface area contributed by atoms with Gasteiger partial charge in [-0.25, -0.2) is 0 Å². The van der Waals surface area contributed by atoms with Crippen molar-refractivity contribution in [2.75, 3.05) is 37.6 Å². The first kappa shape index (κ1) is 14.3. The van der Waals surface area contributed by atoms with Gasteiger partial charge in [0.1, 0.15) is 0 Å². The normalized spacial score (nSPS) is 16.1. The molecule has 0 bridgehead atoms. The highest BCUT2D eigenvalue weighted by Gasteiger charge is 2.20. The summed E-state index contributed by atoms with van der Waals surface area (Å²) in [6.07, 6.45) is 0. The molecule has 1 N–H and O–H groups in total. The number of piperazine rings is 1. The maximum Gasteiger partial charge on any atom is 0.317 e. The van der Waals surface area contributed by atoms with Crippen molar-refractivity contribution in [1.82, 2.24) is 4.90 Å². The summed E-state index contributed by atoms with van der Waals surface area (Å²) in [6, 6.07) is 5.08. The lowest BCUT2D eigenvalue weighted by Crippen LogP contribution is -2.48. The molecule has 2 rings (SSSR count). The van der Waals surface area contributed by atoms with E-state index in [0.29, 0.717) is 18.7 Å². The quantitative estimate of drug-likeness (QED) is 0.656. The SMILES string of the molecule is Cc1cc(N2CCN(CC(=O)O)CC2)ccc1[N+](=O)[O-]. The summed E-state index contributed by atoms with van der Waals surface area (Å²) in [5.74, 6) is -0.815. The number of nitrogens with zero attached hydrogens (tertiary/aromatic N) is 3. The van der Waals surface area contributed by atoms with E-state index >= 15 is 0 Å². The van der Waals surface area contributed by atoms with Crippen molar-refractivity contribution >= 4 is 17.3 Å². The van der Waals surface area contributed by atoms with E-state index in [1.54, 1.807) is 13.0 Å². The molecule has 0 saturated carbocycles. The molecule has 1 heterocycles. The molecule has 20 heavy (non-hydrogen) atoms. The largest absolute Gasteiger partial charge is 0.480 e. The third-order valence-electron chi connectivity index (χ3n) is 3.47. The molecule has 0 amide bonds. The zero-order valence-electron chi connectivity index (χ0n) is 11.3. The van der Waals surface area contributed by atoms with Crippen LogP contribution in [0.5, 0.6) is 0 Å². The van der Waals surface area contributed by atoms with Crippen molar-refractivity contribution in [1.29, 1.82) is 0 Å². The molecule has 1 aromatic rings. The zero-order valence-corrected chi connectivity index (χ0v) is 11.3. The molecule has 108 valence electrons. The predicted octanol–water partition coefficient (Wildman–Crippen LogP) is 1.11. The van der Waals surface area contributed by atoms with E-state index in [-0.39, 0.29) is 17.2 Å². The lowest BCUT2D eigenvalue weighted by molar-refractivity contribution is -0.385. The van der Waals surface area contributed by atoms with E-state index in [9.17, 15) is 14.9 Å². The molecule has 0 spiro atoms. The van der Waals surface area contributed by atoms with Crippen molar-refractivity contribution in [3.05, 3.63) is 33.9 Å². The molecule has 0 atom stereocenters. The fraction of sp³-hybridized carbons (Fsp3) is 0.462. The molecule has 0 aromatic heterocycles. The summed E-state index contributed by atoms with van der Waals surface area (Å²) in [5, 5.41) is 19.5. The zero-order chi connectivity index (χ0) is 14.7. The lowest BCUT2D eigenvalue weighted by Gasteiger charge is -2.35. The van der Waals surface area contributed by atoms with Crippen molar-refractivity contribution in [3.63, 3.8) is 0 Å². The van der Waals surface area contributed by atoms with Crippen molar-refractivity contribution in [3.8, 4) is 0 Å². The standard InChI is InChI=1S/C13H17N3O4/c1-10-8-11(2-3-12(10)16(19)20)15-6-4-14(5-7-15)9-13(17)18/h2-3,8H,4-7,9H2,1H3,(H,17,18). The van der Waals surface area contributed by atoms with Crippen LogP contribution in [-0.2, 0) is 4.79 Å². The van der Waals surface area contributed by atoms with Crippen LogP contribution >= 0.6 is 0 Å². The number of anilines is 1. The van der Waals surface area contributed by atoms with Gasteiger partial charge in [0.15, 0.2) is 0 Å². The second-order valence-electron chi connectivity index (χ2n) is 4.88. The van der Waals surface area contributed by atoms with Crippen LogP contribution in [-0.4, -0.2) is 53.6 Å². The summed E-state index contributed by atoms with van der Waals surface area (Å²) >= 11 is 0. The number of carboxylic acids is 1. The summed E-state index contributed by atoms with van der Waals surface area (Å²) in [7, 11) is 0. The van der Waals surface area contributed by atoms with Gasteiger partial charge in [-0.05, 0) is 19.1 Å². The highest BCUT2D eigenvalue weighted by atomic mass is 16.6. The van der Waals surface area contributed by atoms with Gasteiger partial charge < -0.3 is 10.0 Å². The summed E-state index contributed by atoms with van der Waals surface area (Å²) in [5.41, 5.74) is 1.71. The summed E-state index contributed by atoms with van der Waals surface area (Å²) < 4.78 is 0. The van der Waals surface area contributed by atoms with Crippen LogP contribution in [0.2, 0.25) is 0 Å². The topological polar surface area (TPSA) is 86.9 Å². The number of hydrogen-bond donors (Lipinski definition) is 1.